The molecule has 1 nitrogen and oxygen atoms in total. The lowest BCUT2D eigenvalue weighted by atomic mass is 9.48. The Bertz CT molecular complexity index is 233. The smallest absolute Gasteiger partial charge is 0.122 e. The van der Waals surface area contributed by atoms with Crippen LogP contribution < -0.4 is 0 Å². The van der Waals surface area contributed by atoms with E-state index in [4.69, 9.17) is 0 Å². The first-order valence-corrected chi connectivity index (χ1v) is 6.64. The molecular formula is C14H22O. The van der Waals surface area contributed by atoms with Crippen molar-refractivity contribution in [3.63, 3.8) is 0 Å². The van der Waals surface area contributed by atoms with Crippen molar-refractivity contribution in [3.8, 4) is 0 Å². The van der Waals surface area contributed by atoms with Crippen LogP contribution in [0.25, 0.3) is 0 Å². The molecule has 0 spiro atoms. The van der Waals surface area contributed by atoms with Crippen LogP contribution in [0.5, 0.6) is 0 Å². The largest absolute Gasteiger partial charge is 0.303 e. The number of hydrogen-bond donors (Lipinski definition) is 0. The molecule has 4 aliphatic rings. The monoisotopic (exact) mass is 206 g/mol. The second-order valence-electron chi connectivity index (χ2n) is 6.74. The maximum atomic E-state index is 10.8. The molecule has 0 aromatic rings. The number of carbonyl (C=O) groups is 1. The van der Waals surface area contributed by atoms with Gasteiger partial charge in [-0.05, 0) is 68.1 Å². The summed E-state index contributed by atoms with van der Waals surface area (Å²) in [7, 11) is 0. The standard InChI is InChI=1S/C14H22O/c1-10(9-15)5-14-6-11-2-12(7-14)4-13(3-11)8-14/h9-13H,2-8H2,1H3. The van der Waals surface area contributed by atoms with Gasteiger partial charge in [0.2, 0.25) is 0 Å². The molecule has 84 valence electrons. The summed E-state index contributed by atoms with van der Waals surface area (Å²) in [5.74, 6) is 3.36. The zero-order chi connectivity index (χ0) is 10.5. The molecule has 0 amide bonds. The van der Waals surface area contributed by atoms with Crippen LogP contribution >= 0.6 is 0 Å². The van der Waals surface area contributed by atoms with Crippen molar-refractivity contribution in [2.75, 3.05) is 0 Å². The van der Waals surface area contributed by atoms with E-state index in [2.05, 4.69) is 6.92 Å². The Balaban J connectivity index is 1.78. The van der Waals surface area contributed by atoms with Gasteiger partial charge in [0.15, 0.2) is 0 Å². The van der Waals surface area contributed by atoms with Gasteiger partial charge in [0.1, 0.15) is 6.29 Å². The van der Waals surface area contributed by atoms with Gasteiger partial charge >= 0.3 is 0 Å². The van der Waals surface area contributed by atoms with E-state index in [9.17, 15) is 4.79 Å². The van der Waals surface area contributed by atoms with Gasteiger partial charge in [-0.25, -0.2) is 0 Å². The van der Waals surface area contributed by atoms with Crippen molar-refractivity contribution in [2.24, 2.45) is 29.1 Å². The van der Waals surface area contributed by atoms with E-state index in [1.54, 1.807) is 0 Å². The normalized spacial score (nSPS) is 49.3. The van der Waals surface area contributed by atoms with Crippen LogP contribution in [0.15, 0.2) is 0 Å². The molecule has 1 atom stereocenters. The van der Waals surface area contributed by atoms with Crippen LogP contribution in [-0.2, 0) is 4.79 Å². The summed E-state index contributed by atoms with van der Waals surface area (Å²) in [5, 5.41) is 0. The molecule has 4 rings (SSSR count). The Hall–Kier alpha value is -0.330. The predicted molar refractivity (Wildman–Crippen MR) is 60.5 cm³/mol. The molecular weight excluding hydrogens is 184 g/mol. The van der Waals surface area contributed by atoms with Gasteiger partial charge in [0, 0.05) is 5.92 Å². The number of aldehydes is 1. The minimum atomic E-state index is 0.293. The van der Waals surface area contributed by atoms with Crippen molar-refractivity contribution in [1.29, 1.82) is 0 Å². The molecule has 0 aromatic carbocycles. The molecule has 0 N–H and O–H groups in total. The van der Waals surface area contributed by atoms with Crippen LogP contribution in [0.2, 0.25) is 0 Å². The summed E-state index contributed by atoms with van der Waals surface area (Å²) in [5.41, 5.74) is 0.592. The van der Waals surface area contributed by atoms with E-state index in [-0.39, 0.29) is 0 Å². The van der Waals surface area contributed by atoms with Crippen molar-refractivity contribution in [3.05, 3.63) is 0 Å². The van der Waals surface area contributed by atoms with Crippen LogP contribution in [0.3, 0.4) is 0 Å². The average Bonchev–Trinajstić information content (AvgIpc) is 2.14. The Morgan fingerprint density at radius 1 is 1.13 bits per heavy atom. The molecule has 0 saturated heterocycles. The maximum absolute atomic E-state index is 10.8. The first-order chi connectivity index (χ1) is 7.19. The Morgan fingerprint density at radius 3 is 2.00 bits per heavy atom. The van der Waals surface area contributed by atoms with E-state index >= 15 is 0 Å². The summed E-state index contributed by atoms with van der Waals surface area (Å²) in [6, 6.07) is 0. The average molecular weight is 206 g/mol. The molecule has 4 aliphatic carbocycles. The highest BCUT2D eigenvalue weighted by molar-refractivity contribution is 5.52. The van der Waals surface area contributed by atoms with Crippen LogP contribution in [0, 0.1) is 29.1 Å². The molecule has 4 saturated carbocycles. The highest BCUT2D eigenvalue weighted by Gasteiger charge is 2.50. The summed E-state index contributed by atoms with van der Waals surface area (Å²) in [6.45, 7) is 2.10. The molecule has 1 heteroatoms. The summed E-state index contributed by atoms with van der Waals surface area (Å²) < 4.78 is 0. The summed E-state index contributed by atoms with van der Waals surface area (Å²) in [4.78, 5) is 10.8. The third kappa shape index (κ3) is 1.64. The minimum Gasteiger partial charge on any atom is -0.303 e. The third-order valence-corrected chi connectivity index (χ3v) is 5.15. The number of rotatable bonds is 3. The van der Waals surface area contributed by atoms with E-state index in [0.29, 0.717) is 11.3 Å². The van der Waals surface area contributed by atoms with E-state index in [1.807, 2.05) is 0 Å². The van der Waals surface area contributed by atoms with E-state index in [0.717, 1.165) is 17.8 Å². The van der Waals surface area contributed by atoms with Crippen molar-refractivity contribution in [2.45, 2.75) is 51.9 Å². The molecule has 0 aromatic heterocycles. The maximum Gasteiger partial charge on any atom is 0.122 e. The molecule has 0 heterocycles. The lowest BCUT2D eigenvalue weighted by Crippen LogP contribution is -2.46. The summed E-state index contributed by atoms with van der Waals surface area (Å²) >= 11 is 0. The van der Waals surface area contributed by atoms with Crippen LogP contribution in [-0.4, -0.2) is 6.29 Å². The molecule has 1 unspecified atom stereocenters. The Labute approximate surface area is 92.6 Å². The Morgan fingerprint density at radius 2 is 1.60 bits per heavy atom. The lowest BCUT2D eigenvalue weighted by molar-refractivity contribution is -0.114. The SMILES string of the molecule is CC(C=O)CC12CC3CC(CC(C3)C1)C2. The van der Waals surface area contributed by atoms with Crippen molar-refractivity contribution < 1.29 is 4.79 Å². The first kappa shape index (κ1) is 9.86. The van der Waals surface area contributed by atoms with Gasteiger partial charge in [-0.15, -0.1) is 0 Å². The van der Waals surface area contributed by atoms with Crippen molar-refractivity contribution in [1.82, 2.24) is 0 Å². The first-order valence-electron chi connectivity index (χ1n) is 6.64. The molecule has 4 fully saturated rings. The van der Waals surface area contributed by atoms with Crippen LogP contribution in [0.4, 0.5) is 0 Å². The summed E-state index contributed by atoms with van der Waals surface area (Å²) in [6.07, 6.45) is 11.2. The van der Waals surface area contributed by atoms with E-state index in [1.165, 1.54) is 51.2 Å². The molecule has 0 aliphatic heterocycles. The van der Waals surface area contributed by atoms with Gasteiger partial charge in [-0.2, -0.15) is 0 Å². The number of carbonyl (C=O) groups excluding carboxylic acids is 1. The second-order valence-corrected chi connectivity index (χ2v) is 6.74. The van der Waals surface area contributed by atoms with Crippen LogP contribution in [0.1, 0.15) is 51.9 Å². The zero-order valence-electron chi connectivity index (χ0n) is 9.74. The third-order valence-electron chi connectivity index (χ3n) is 5.15. The van der Waals surface area contributed by atoms with E-state index < -0.39 is 0 Å². The van der Waals surface area contributed by atoms with Gasteiger partial charge in [-0.3, -0.25) is 0 Å². The predicted octanol–water partition coefficient (Wildman–Crippen LogP) is 3.43. The van der Waals surface area contributed by atoms with Crippen molar-refractivity contribution >= 4 is 6.29 Å². The zero-order valence-corrected chi connectivity index (χ0v) is 9.74. The molecule has 4 bridgehead atoms. The topological polar surface area (TPSA) is 17.1 Å². The quantitative estimate of drug-likeness (QED) is 0.647. The highest BCUT2D eigenvalue weighted by Crippen LogP contribution is 2.61. The molecule has 0 radical (unpaired) electrons. The highest BCUT2D eigenvalue weighted by atomic mass is 16.1. The van der Waals surface area contributed by atoms with Gasteiger partial charge in [0.05, 0.1) is 0 Å². The van der Waals surface area contributed by atoms with Gasteiger partial charge < -0.3 is 4.79 Å². The van der Waals surface area contributed by atoms with Gasteiger partial charge in [-0.1, -0.05) is 6.92 Å². The van der Waals surface area contributed by atoms with Gasteiger partial charge in [0.25, 0.3) is 0 Å². The fourth-order valence-electron chi connectivity index (χ4n) is 5.27. The fraction of sp³-hybridized carbons (Fsp3) is 0.929. The molecule has 15 heavy (non-hydrogen) atoms. The Kier molecular flexibility index (Phi) is 2.19. The number of hydrogen-bond acceptors (Lipinski definition) is 1. The lowest BCUT2D eigenvalue weighted by Gasteiger charge is -2.57. The second kappa shape index (κ2) is 3.33. The fourth-order valence-corrected chi connectivity index (χ4v) is 5.27. The minimum absolute atomic E-state index is 0.293.